The molecule has 1 N–H and O–H groups in total. The summed E-state index contributed by atoms with van der Waals surface area (Å²) in [5.74, 6) is 0.536. The fourth-order valence-corrected chi connectivity index (χ4v) is 2.15. The van der Waals surface area contributed by atoms with Gasteiger partial charge in [0.1, 0.15) is 11.9 Å². The first-order valence-electron chi connectivity index (χ1n) is 6.84. The van der Waals surface area contributed by atoms with Crippen molar-refractivity contribution in [3.05, 3.63) is 35.2 Å². The second kappa shape index (κ2) is 6.76. The highest BCUT2D eigenvalue weighted by atomic mass is 35.5. The van der Waals surface area contributed by atoms with Crippen LogP contribution in [-0.4, -0.2) is 29.3 Å². The van der Waals surface area contributed by atoms with Gasteiger partial charge in [0.2, 0.25) is 5.89 Å². The van der Waals surface area contributed by atoms with Crippen LogP contribution in [0.15, 0.2) is 28.7 Å². The molecule has 1 fully saturated rings. The van der Waals surface area contributed by atoms with Crippen LogP contribution in [-0.2, 0) is 9.53 Å². The molecular formula is C14H14ClN3O4. The molecular weight excluding hydrogens is 310 g/mol. The predicted octanol–water partition coefficient (Wildman–Crippen LogP) is 2.59. The van der Waals surface area contributed by atoms with Crippen molar-refractivity contribution in [3.63, 3.8) is 0 Å². The Kier molecular flexibility index (Phi) is 4.55. The number of carbonyl (C=O) groups is 1. The van der Waals surface area contributed by atoms with Crippen molar-refractivity contribution in [1.82, 2.24) is 10.2 Å². The number of halogens is 1. The van der Waals surface area contributed by atoms with E-state index in [-0.39, 0.29) is 18.7 Å². The second-order valence-electron chi connectivity index (χ2n) is 4.74. The summed E-state index contributed by atoms with van der Waals surface area (Å²) in [5.41, 5.74) is 0. The Bertz CT molecular complexity index is 638. The average Bonchev–Trinajstić information content (AvgIpc) is 3.17. The number of carbonyl (C=O) groups excluding carboxylic acids is 1. The lowest BCUT2D eigenvalue weighted by Crippen LogP contribution is -2.20. The summed E-state index contributed by atoms with van der Waals surface area (Å²) in [6.07, 6.45) is 1.63. The lowest BCUT2D eigenvalue weighted by Gasteiger charge is -2.05. The molecule has 0 bridgehead atoms. The van der Waals surface area contributed by atoms with Crippen molar-refractivity contribution < 1.29 is 18.7 Å². The van der Waals surface area contributed by atoms with Crippen LogP contribution in [0.2, 0.25) is 5.02 Å². The number of hydrogen-bond acceptors (Lipinski definition) is 6. The van der Waals surface area contributed by atoms with Gasteiger partial charge in [-0.2, -0.15) is 0 Å². The van der Waals surface area contributed by atoms with Crippen molar-refractivity contribution >= 4 is 23.5 Å². The van der Waals surface area contributed by atoms with Gasteiger partial charge in [-0.15, -0.1) is 5.10 Å². The maximum atomic E-state index is 11.8. The molecule has 1 saturated heterocycles. The van der Waals surface area contributed by atoms with Crippen LogP contribution < -0.4 is 10.1 Å². The zero-order valence-electron chi connectivity index (χ0n) is 11.6. The Morgan fingerprint density at radius 2 is 2.18 bits per heavy atom. The van der Waals surface area contributed by atoms with E-state index >= 15 is 0 Å². The molecule has 0 saturated carbocycles. The van der Waals surface area contributed by atoms with Gasteiger partial charge in [-0.25, -0.2) is 0 Å². The fraction of sp³-hybridized carbons (Fsp3) is 0.357. The quantitative estimate of drug-likeness (QED) is 0.910. The Morgan fingerprint density at radius 3 is 2.91 bits per heavy atom. The third-order valence-corrected chi connectivity index (χ3v) is 3.33. The summed E-state index contributed by atoms with van der Waals surface area (Å²) >= 11 is 5.77. The third kappa shape index (κ3) is 3.75. The first-order valence-corrected chi connectivity index (χ1v) is 7.22. The lowest BCUT2D eigenvalue weighted by atomic mass is 10.2. The Morgan fingerprint density at radius 1 is 1.36 bits per heavy atom. The van der Waals surface area contributed by atoms with E-state index < -0.39 is 5.91 Å². The molecule has 1 amide bonds. The molecule has 1 aromatic heterocycles. The van der Waals surface area contributed by atoms with E-state index in [1.165, 1.54) is 0 Å². The first-order chi connectivity index (χ1) is 10.7. The molecule has 116 valence electrons. The zero-order valence-corrected chi connectivity index (χ0v) is 12.4. The average molecular weight is 324 g/mol. The van der Waals surface area contributed by atoms with Crippen molar-refractivity contribution in [1.29, 1.82) is 0 Å². The van der Waals surface area contributed by atoms with E-state index in [1.54, 1.807) is 24.3 Å². The van der Waals surface area contributed by atoms with Crippen LogP contribution in [0.1, 0.15) is 24.8 Å². The molecule has 1 aliphatic heterocycles. The van der Waals surface area contributed by atoms with Gasteiger partial charge >= 0.3 is 6.01 Å². The van der Waals surface area contributed by atoms with Crippen LogP contribution in [0.25, 0.3) is 0 Å². The number of ether oxygens (including phenoxy) is 2. The number of hydrogen-bond donors (Lipinski definition) is 1. The van der Waals surface area contributed by atoms with Gasteiger partial charge in [-0.1, -0.05) is 16.7 Å². The van der Waals surface area contributed by atoms with E-state index in [4.69, 9.17) is 25.5 Å². The van der Waals surface area contributed by atoms with Gasteiger partial charge in [-0.05, 0) is 37.1 Å². The summed E-state index contributed by atoms with van der Waals surface area (Å²) in [4.78, 5) is 11.8. The molecule has 0 aliphatic carbocycles. The summed E-state index contributed by atoms with van der Waals surface area (Å²) in [6.45, 7) is 0.517. The van der Waals surface area contributed by atoms with E-state index in [0.29, 0.717) is 23.3 Å². The number of benzene rings is 1. The van der Waals surface area contributed by atoms with E-state index in [0.717, 1.165) is 12.8 Å². The summed E-state index contributed by atoms with van der Waals surface area (Å²) < 4.78 is 16.1. The van der Waals surface area contributed by atoms with Crippen LogP contribution in [0.5, 0.6) is 5.75 Å². The lowest BCUT2D eigenvalue weighted by molar-refractivity contribution is -0.118. The monoisotopic (exact) mass is 323 g/mol. The SMILES string of the molecule is O=C(COc1ccc(Cl)cc1)Nc1nnc(C2CCCO2)o1. The summed E-state index contributed by atoms with van der Waals surface area (Å²) in [6, 6.07) is 6.76. The highest BCUT2D eigenvalue weighted by Crippen LogP contribution is 2.28. The minimum atomic E-state index is -0.391. The van der Waals surface area contributed by atoms with Crippen molar-refractivity contribution in [3.8, 4) is 5.75 Å². The molecule has 1 atom stereocenters. The van der Waals surface area contributed by atoms with Crippen molar-refractivity contribution in [2.45, 2.75) is 18.9 Å². The molecule has 0 spiro atoms. The first kappa shape index (κ1) is 14.8. The minimum absolute atomic E-state index is 0.0372. The molecule has 1 unspecified atom stereocenters. The molecule has 2 heterocycles. The summed E-state index contributed by atoms with van der Waals surface area (Å²) in [7, 11) is 0. The van der Waals surface area contributed by atoms with E-state index in [1.807, 2.05) is 0 Å². The highest BCUT2D eigenvalue weighted by molar-refractivity contribution is 6.30. The second-order valence-corrected chi connectivity index (χ2v) is 5.17. The van der Waals surface area contributed by atoms with E-state index in [9.17, 15) is 4.79 Å². The van der Waals surface area contributed by atoms with Gasteiger partial charge in [0.15, 0.2) is 6.61 Å². The van der Waals surface area contributed by atoms with Crippen LogP contribution in [0.3, 0.4) is 0 Å². The Hall–Kier alpha value is -2.12. The van der Waals surface area contributed by atoms with Gasteiger partial charge < -0.3 is 13.9 Å². The molecule has 8 heteroatoms. The number of aromatic nitrogens is 2. The minimum Gasteiger partial charge on any atom is -0.484 e. The maximum absolute atomic E-state index is 11.8. The summed E-state index contributed by atoms with van der Waals surface area (Å²) in [5, 5.41) is 10.7. The number of nitrogens with one attached hydrogen (secondary N) is 1. The molecule has 1 aliphatic rings. The van der Waals surface area contributed by atoms with E-state index in [2.05, 4.69) is 15.5 Å². The smallest absolute Gasteiger partial charge is 0.322 e. The van der Waals surface area contributed by atoms with Gasteiger partial charge in [0.25, 0.3) is 5.91 Å². The Balaban J connectivity index is 1.50. The molecule has 0 radical (unpaired) electrons. The number of nitrogens with zero attached hydrogens (tertiary/aromatic N) is 2. The topological polar surface area (TPSA) is 86.5 Å². The zero-order chi connectivity index (χ0) is 15.4. The predicted molar refractivity (Wildman–Crippen MR) is 77.8 cm³/mol. The number of anilines is 1. The van der Waals surface area contributed by atoms with Gasteiger partial charge in [-0.3, -0.25) is 10.1 Å². The van der Waals surface area contributed by atoms with Crippen LogP contribution >= 0.6 is 11.6 Å². The van der Waals surface area contributed by atoms with Crippen molar-refractivity contribution in [2.75, 3.05) is 18.5 Å². The van der Waals surface area contributed by atoms with Gasteiger partial charge in [0.05, 0.1) is 0 Å². The maximum Gasteiger partial charge on any atom is 0.322 e. The largest absolute Gasteiger partial charge is 0.484 e. The molecule has 22 heavy (non-hydrogen) atoms. The standard InChI is InChI=1S/C14H14ClN3O4/c15-9-3-5-10(6-4-9)21-8-12(19)16-14-18-17-13(22-14)11-2-1-7-20-11/h3-6,11H,1-2,7-8H2,(H,16,18,19). The molecule has 7 nitrogen and oxygen atoms in total. The van der Waals surface area contributed by atoms with Crippen molar-refractivity contribution in [2.24, 2.45) is 0 Å². The highest BCUT2D eigenvalue weighted by Gasteiger charge is 2.24. The van der Waals surface area contributed by atoms with Crippen LogP contribution in [0, 0.1) is 0 Å². The fourth-order valence-electron chi connectivity index (χ4n) is 2.02. The third-order valence-electron chi connectivity index (χ3n) is 3.08. The Labute approximate surface area is 131 Å². The molecule has 1 aromatic carbocycles. The number of amides is 1. The number of rotatable bonds is 5. The molecule has 3 rings (SSSR count). The molecule has 2 aromatic rings. The van der Waals surface area contributed by atoms with Crippen LogP contribution in [0.4, 0.5) is 6.01 Å². The van der Waals surface area contributed by atoms with Gasteiger partial charge in [0, 0.05) is 11.6 Å². The normalized spacial score (nSPS) is 17.4.